The van der Waals surface area contributed by atoms with Crippen LogP contribution in [-0.2, 0) is 24.2 Å². The summed E-state index contributed by atoms with van der Waals surface area (Å²) < 4.78 is 0. The maximum absolute atomic E-state index is 12.8. The summed E-state index contributed by atoms with van der Waals surface area (Å²) >= 11 is 6.09. The summed E-state index contributed by atoms with van der Waals surface area (Å²) in [6.07, 6.45) is 6.80. The minimum Gasteiger partial charge on any atom is -0.349 e. The van der Waals surface area contributed by atoms with Crippen molar-refractivity contribution in [2.24, 2.45) is 5.92 Å². The molecule has 0 spiro atoms. The Bertz CT molecular complexity index is 858. The fourth-order valence-corrected chi connectivity index (χ4v) is 4.90. The van der Waals surface area contributed by atoms with Gasteiger partial charge in [0.2, 0.25) is 5.91 Å². The van der Waals surface area contributed by atoms with E-state index in [-0.39, 0.29) is 17.9 Å². The molecule has 1 aliphatic carbocycles. The molecule has 0 aromatic heterocycles. The van der Waals surface area contributed by atoms with Crippen molar-refractivity contribution < 1.29 is 4.79 Å². The second-order valence-electron chi connectivity index (χ2n) is 8.65. The maximum atomic E-state index is 12.8. The van der Waals surface area contributed by atoms with Crippen LogP contribution in [0, 0.1) is 5.92 Å². The highest BCUT2D eigenvalue weighted by Crippen LogP contribution is 2.26. The number of likely N-dealkylation sites (tertiary alicyclic amines) is 1. The van der Waals surface area contributed by atoms with E-state index < -0.39 is 0 Å². The number of piperidine rings is 1. The van der Waals surface area contributed by atoms with Crippen LogP contribution in [0.5, 0.6) is 0 Å². The van der Waals surface area contributed by atoms with Crippen molar-refractivity contribution in [3.8, 4) is 0 Å². The summed E-state index contributed by atoms with van der Waals surface area (Å²) in [6, 6.07) is 14.9. The van der Waals surface area contributed by atoms with Gasteiger partial charge in [-0.05, 0) is 92.9 Å². The van der Waals surface area contributed by atoms with Crippen LogP contribution in [0.4, 0.5) is 0 Å². The number of aryl methyl sites for hydroxylation is 2. The number of carbonyl (C=O) groups excluding carboxylic acids is 1. The van der Waals surface area contributed by atoms with E-state index in [2.05, 4.69) is 41.4 Å². The quantitative estimate of drug-likeness (QED) is 0.724. The van der Waals surface area contributed by atoms with E-state index in [1.807, 2.05) is 18.2 Å². The maximum Gasteiger partial charge on any atom is 0.223 e. The number of benzene rings is 2. The third-order valence-corrected chi connectivity index (χ3v) is 6.72. The lowest BCUT2D eigenvalue weighted by Gasteiger charge is -2.32. The van der Waals surface area contributed by atoms with Gasteiger partial charge in [-0.3, -0.25) is 9.69 Å². The van der Waals surface area contributed by atoms with Crippen molar-refractivity contribution >= 4 is 17.5 Å². The second kappa shape index (κ2) is 9.32. The Kier molecular flexibility index (Phi) is 6.56. The van der Waals surface area contributed by atoms with Gasteiger partial charge in [0.15, 0.2) is 0 Å². The largest absolute Gasteiger partial charge is 0.349 e. The van der Waals surface area contributed by atoms with Gasteiger partial charge in [-0.1, -0.05) is 41.9 Å². The van der Waals surface area contributed by atoms with Crippen LogP contribution in [0.1, 0.15) is 60.9 Å². The first-order chi connectivity index (χ1) is 14.1. The van der Waals surface area contributed by atoms with E-state index in [1.54, 1.807) is 0 Å². The summed E-state index contributed by atoms with van der Waals surface area (Å²) in [5, 5.41) is 4.05. The predicted molar refractivity (Wildman–Crippen MR) is 119 cm³/mol. The fourth-order valence-electron chi connectivity index (χ4n) is 4.68. The zero-order valence-electron chi connectivity index (χ0n) is 17.3. The first-order valence-corrected chi connectivity index (χ1v) is 11.3. The van der Waals surface area contributed by atoms with Gasteiger partial charge in [0.05, 0.1) is 6.04 Å². The van der Waals surface area contributed by atoms with E-state index >= 15 is 0 Å². The molecular weight excluding hydrogens is 380 g/mol. The van der Waals surface area contributed by atoms with Crippen molar-refractivity contribution in [3.05, 3.63) is 69.7 Å². The molecule has 0 saturated carbocycles. The lowest BCUT2D eigenvalue weighted by Crippen LogP contribution is -2.40. The van der Waals surface area contributed by atoms with Crippen LogP contribution in [0.2, 0.25) is 5.02 Å². The molecule has 2 aromatic carbocycles. The first kappa shape index (κ1) is 20.4. The summed E-state index contributed by atoms with van der Waals surface area (Å²) in [7, 11) is 0. The molecular formula is C25H31ClN2O. The number of rotatable bonds is 5. The average molecular weight is 411 g/mol. The number of fused-ring (bicyclic) bond motifs is 1. The SMILES string of the molecule is CC(NC(=O)C1CCN(Cc2cccc(Cl)c2)CC1)c1ccc2c(c1)CCCC2. The number of hydrogen-bond acceptors (Lipinski definition) is 2. The topological polar surface area (TPSA) is 32.3 Å². The zero-order valence-corrected chi connectivity index (χ0v) is 18.0. The molecule has 0 radical (unpaired) electrons. The van der Waals surface area contributed by atoms with Crippen molar-refractivity contribution in [1.82, 2.24) is 10.2 Å². The molecule has 4 heteroatoms. The van der Waals surface area contributed by atoms with Crippen LogP contribution >= 0.6 is 11.6 Å². The first-order valence-electron chi connectivity index (χ1n) is 11.0. The average Bonchev–Trinajstić information content (AvgIpc) is 2.74. The molecule has 0 bridgehead atoms. The van der Waals surface area contributed by atoms with Gasteiger partial charge in [-0.2, -0.15) is 0 Å². The molecule has 1 atom stereocenters. The molecule has 154 valence electrons. The monoisotopic (exact) mass is 410 g/mol. The molecule has 2 aliphatic rings. The molecule has 1 N–H and O–H groups in total. The van der Waals surface area contributed by atoms with Gasteiger partial charge < -0.3 is 5.32 Å². The lowest BCUT2D eigenvalue weighted by molar-refractivity contribution is -0.127. The molecule has 1 heterocycles. The Morgan fingerprint density at radius 1 is 1.10 bits per heavy atom. The van der Waals surface area contributed by atoms with E-state index in [0.29, 0.717) is 0 Å². The number of halogens is 1. The summed E-state index contributed by atoms with van der Waals surface area (Å²) in [6.45, 7) is 4.92. The van der Waals surface area contributed by atoms with Crippen LogP contribution in [0.15, 0.2) is 42.5 Å². The van der Waals surface area contributed by atoms with Crippen LogP contribution < -0.4 is 5.32 Å². The molecule has 1 fully saturated rings. The van der Waals surface area contributed by atoms with Gasteiger partial charge in [-0.25, -0.2) is 0 Å². The number of nitrogens with zero attached hydrogens (tertiary/aromatic N) is 1. The third kappa shape index (κ3) is 5.21. The molecule has 1 aliphatic heterocycles. The van der Waals surface area contributed by atoms with E-state index in [4.69, 9.17) is 11.6 Å². The Morgan fingerprint density at radius 3 is 2.62 bits per heavy atom. The lowest BCUT2D eigenvalue weighted by atomic mass is 9.89. The summed E-state index contributed by atoms with van der Waals surface area (Å²) in [5.41, 5.74) is 5.44. The summed E-state index contributed by atoms with van der Waals surface area (Å²) in [4.78, 5) is 15.3. The zero-order chi connectivity index (χ0) is 20.2. The minimum atomic E-state index is 0.0687. The van der Waals surface area contributed by atoms with Gasteiger partial charge >= 0.3 is 0 Å². The standard InChI is InChI=1S/C25H31ClN2O/c1-18(22-10-9-20-6-2-3-7-23(20)16-22)27-25(29)21-11-13-28(14-12-21)17-19-5-4-8-24(26)15-19/h4-5,8-10,15-16,18,21H,2-3,6-7,11-14,17H2,1H3,(H,27,29). The van der Waals surface area contributed by atoms with Gasteiger partial charge in [0, 0.05) is 17.5 Å². The number of amides is 1. The van der Waals surface area contributed by atoms with Crippen molar-refractivity contribution in [2.45, 2.75) is 58.0 Å². The Balaban J connectivity index is 1.28. The molecule has 4 rings (SSSR count). The fraction of sp³-hybridized carbons (Fsp3) is 0.480. The van der Waals surface area contributed by atoms with E-state index in [1.165, 1.54) is 47.9 Å². The predicted octanol–water partition coefficient (Wildman–Crippen LogP) is 5.31. The second-order valence-corrected chi connectivity index (χ2v) is 9.08. The summed E-state index contributed by atoms with van der Waals surface area (Å²) in [5.74, 6) is 0.323. The Morgan fingerprint density at radius 2 is 1.86 bits per heavy atom. The molecule has 1 amide bonds. The van der Waals surface area contributed by atoms with Crippen molar-refractivity contribution in [1.29, 1.82) is 0 Å². The smallest absolute Gasteiger partial charge is 0.223 e. The number of hydrogen-bond donors (Lipinski definition) is 1. The van der Waals surface area contributed by atoms with E-state index in [9.17, 15) is 4.79 Å². The molecule has 29 heavy (non-hydrogen) atoms. The molecule has 1 unspecified atom stereocenters. The Labute approximate surface area is 179 Å². The normalized spacial score (nSPS) is 18.8. The van der Waals surface area contributed by atoms with Crippen molar-refractivity contribution in [2.75, 3.05) is 13.1 Å². The van der Waals surface area contributed by atoms with Crippen molar-refractivity contribution in [3.63, 3.8) is 0 Å². The molecule has 2 aromatic rings. The highest BCUT2D eigenvalue weighted by Gasteiger charge is 2.26. The third-order valence-electron chi connectivity index (χ3n) is 6.48. The highest BCUT2D eigenvalue weighted by atomic mass is 35.5. The van der Waals surface area contributed by atoms with Gasteiger partial charge in [0.1, 0.15) is 0 Å². The Hall–Kier alpha value is -1.84. The molecule has 3 nitrogen and oxygen atoms in total. The molecule has 1 saturated heterocycles. The highest BCUT2D eigenvalue weighted by molar-refractivity contribution is 6.30. The van der Waals surface area contributed by atoms with Gasteiger partial charge in [-0.15, -0.1) is 0 Å². The van der Waals surface area contributed by atoms with Crippen LogP contribution in [0.3, 0.4) is 0 Å². The number of nitrogens with one attached hydrogen (secondary N) is 1. The van der Waals surface area contributed by atoms with E-state index in [0.717, 1.165) is 37.5 Å². The van der Waals surface area contributed by atoms with Crippen LogP contribution in [-0.4, -0.2) is 23.9 Å². The minimum absolute atomic E-state index is 0.0687. The van der Waals surface area contributed by atoms with Gasteiger partial charge in [0.25, 0.3) is 0 Å². The number of carbonyl (C=O) groups is 1. The van der Waals surface area contributed by atoms with Crippen LogP contribution in [0.25, 0.3) is 0 Å².